The molecule has 0 saturated carbocycles. The molecule has 1 aromatic heterocycles. The third kappa shape index (κ3) is 3.94. The first-order valence-corrected chi connectivity index (χ1v) is 6.13. The maximum absolute atomic E-state index is 5.05. The summed E-state index contributed by atoms with van der Waals surface area (Å²) < 4.78 is 5.05. The van der Waals surface area contributed by atoms with E-state index in [-0.39, 0.29) is 0 Å². The highest BCUT2D eigenvalue weighted by Crippen LogP contribution is 2.11. The molecule has 1 atom stereocenters. The second-order valence-corrected chi connectivity index (χ2v) is 4.42. The molecule has 1 saturated heterocycles. The van der Waals surface area contributed by atoms with E-state index >= 15 is 0 Å². The summed E-state index contributed by atoms with van der Waals surface area (Å²) in [7, 11) is 1.67. The Morgan fingerprint density at radius 2 is 2.47 bits per heavy atom. The monoisotopic (exact) mass is 236 g/mol. The van der Waals surface area contributed by atoms with Gasteiger partial charge >= 0.3 is 0 Å². The Balaban J connectivity index is 1.83. The summed E-state index contributed by atoms with van der Waals surface area (Å²) in [6.07, 6.45) is 4.14. The molecule has 17 heavy (non-hydrogen) atoms. The van der Waals surface area contributed by atoms with Gasteiger partial charge < -0.3 is 15.4 Å². The number of piperidine rings is 1. The Labute approximate surface area is 102 Å². The summed E-state index contributed by atoms with van der Waals surface area (Å²) >= 11 is 0. The van der Waals surface area contributed by atoms with Gasteiger partial charge in [0.1, 0.15) is 12.1 Å². The van der Waals surface area contributed by atoms with Crippen LogP contribution in [-0.2, 0) is 11.3 Å². The van der Waals surface area contributed by atoms with Crippen LogP contribution in [-0.4, -0.2) is 36.7 Å². The van der Waals surface area contributed by atoms with Gasteiger partial charge in [0.2, 0.25) is 0 Å². The molecule has 1 unspecified atom stereocenters. The smallest absolute Gasteiger partial charge is 0.129 e. The standard InChI is InChI=1S/C12H20N4O/c1-17-8-11-5-12(16-9-15-11)14-7-10-3-2-4-13-6-10/h5,9-10,13H,2-4,6-8H2,1H3,(H,14,15,16). The van der Waals surface area contributed by atoms with E-state index in [4.69, 9.17) is 4.74 Å². The summed E-state index contributed by atoms with van der Waals surface area (Å²) in [6.45, 7) is 3.75. The molecule has 1 aromatic rings. The number of nitrogens with one attached hydrogen (secondary N) is 2. The number of rotatable bonds is 5. The van der Waals surface area contributed by atoms with E-state index in [1.54, 1.807) is 13.4 Å². The van der Waals surface area contributed by atoms with E-state index in [0.29, 0.717) is 12.5 Å². The second kappa shape index (κ2) is 6.51. The van der Waals surface area contributed by atoms with Crippen molar-refractivity contribution in [2.75, 3.05) is 32.1 Å². The molecule has 2 N–H and O–H groups in total. The van der Waals surface area contributed by atoms with Crippen molar-refractivity contribution in [2.24, 2.45) is 5.92 Å². The van der Waals surface area contributed by atoms with Crippen LogP contribution < -0.4 is 10.6 Å². The van der Waals surface area contributed by atoms with Crippen molar-refractivity contribution in [3.8, 4) is 0 Å². The number of methoxy groups -OCH3 is 1. The Hall–Kier alpha value is -1.20. The van der Waals surface area contributed by atoms with Crippen LogP contribution in [0.25, 0.3) is 0 Å². The Morgan fingerprint density at radius 1 is 1.53 bits per heavy atom. The lowest BCUT2D eigenvalue weighted by atomic mass is 10.00. The van der Waals surface area contributed by atoms with Gasteiger partial charge in [-0.25, -0.2) is 9.97 Å². The van der Waals surface area contributed by atoms with Crippen LogP contribution in [0, 0.1) is 5.92 Å². The average molecular weight is 236 g/mol. The summed E-state index contributed by atoms with van der Waals surface area (Å²) in [5.74, 6) is 1.59. The highest BCUT2D eigenvalue weighted by atomic mass is 16.5. The zero-order valence-electron chi connectivity index (χ0n) is 10.3. The molecule has 0 spiro atoms. The third-order valence-electron chi connectivity index (χ3n) is 2.99. The van der Waals surface area contributed by atoms with Gasteiger partial charge in [0.05, 0.1) is 12.3 Å². The SMILES string of the molecule is COCc1cc(NCC2CCCNC2)ncn1. The molecule has 2 heterocycles. The average Bonchev–Trinajstić information content (AvgIpc) is 2.39. The van der Waals surface area contributed by atoms with Crippen molar-refractivity contribution in [2.45, 2.75) is 19.4 Å². The number of hydrogen-bond donors (Lipinski definition) is 2. The minimum absolute atomic E-state index is 0.530. The molecule has 2 rings (SSSR count). The zero-order chi connectivity index (χ0) is 11.9. The highest BCUT2D eigenvalue weighted by molar-refractivity contribution is 5.34. The topological polar surface area (TPSA) is 59.1 Å². The zero-order valence-corrected chi connectivity index (χ0v) is 10.3. The lowest BCUT2D eigenvalue weighted by Crippen LogP contribution is -2.33. The molecule has 94 valence electrons. The number of hydrogen-bond acceptors (Lipinski definition) is 5. The first-order valence-electron chi connectivity index (χ1n) is 6.13. The van der Waals surface area contributed by atoms with Crippen LogP contribution in [0.15, 0.2) is 12.4 Å². The van der Waals surface area contributed by atoms with Crippen LogP contribution >= 0.6 is 0 Å². The van der Waals surface area contributed by atoms with Crippen molar-refractivity contribution in [1.82, 2.24) is 15.3 Å². The van der Waals surface area contributed by atoms with Crippen molar-refractivity contribution in [3.63, 3.8) is 0 Å². The van der Waals surface area contributed by atoms with Gasteiger partial charge in [0.25, 0.3) is 0 Å². The van der Waals surface area contributed by atoms with Crippen molar-refractivity contribution in [3.05, 3.63) is 18.1 Å². The fourth-order valence-corrected chi connectivity index (χ4v) is 2.07. The maximum Gasteiger partial charge on any atom is 0.129 e. The van der Waals surface area contributed by atoms with E-state index in [1.807, 2.05) is 6.07 Å². The van der Waals surface area contributed by atoms with E-state index in [0.717, 1.165) is 31.1 Å². The Morgan fingerprint density at radius 3 is 3.24 bits per heavy atom. The third-order valence-corrected chi connectivity index (χ3v) is 2.99. The van der Waals surface area contributed by atoms with Gasteiger partial charge in [-0.2, -0.15) is 0 Å². The molecular weight excluding hydrogens is 216 g/mol. The number of ether oxygens (including phenoxy) is 1. The predicted molar refractivity (Wildman–Crippen MR) is 66.8 cm³/mol. The van der Waals surface area contributed by atoms with E-state index in [9.17, 15) is 0 Å². The number of aromatic nitrogens is 2. The maximum atomic E-state index is 5.05. The molecule has 0 radical (unpaired) electrons. The summed E-state index contributed by atoms with van der Waals surface area (Å²) in [4.78, 5) is 8.34. The molecule has 0 aromatic carbocycles. The van der Waals surface area contributed by atoms with E-state index in [2.05, 4.69) is 20.6 Å². The van der Waals surface area contributed by atoms with Gasteiger partial charge in [-0.05, 0) is 31.8 Å². The molecule has 0 bridgehead atoms. The van der Waals surface area contributed by atoms with Crippen molar-refractivity contribution in [1.29, 1.82) is 0 Å². The number of nitrogens with zero attached hydrogens (tertiary/aromatic N) is 2. The lowest BCUT2D eigenvalue weighted by Gasteiger charge is -2.23. The quantitative estimate of drug-likeness (QED) is 0.800. The minimum atomic E-state index is 0.530. The molecule has 1 fully saturated rings. The Kier molecular flexibility index (Phi) is 4.70. The second-order valence-electron chi connectivity index (χ2n) is 4.42. The van der Waals surface area contributed by atoms with Gasteiger partial charge in [0, 0.05) is 19.7 Å². The van der Waals surface area contributed by atoms with Crippen molar-refractivity contribution >= 4 is 5.82 Å². The molecular formula is C12H20N4O. The minimum Gasteiger partial charge on any atom is -0.378 e. The molecule has 5 heteroatoms. The molecule has 1 aliphatic heterocycles. The van der Waals surface area contributed by atoms with E-state index < -0.39 is 0 Å². The van der Waals surface area contributed by atoms with Crippen LogP contribution in [0.1, 0.15) is 18.5 Å². The molecule has 0 amide bonds. The fourth-order valence-electron chi connectivity index (χ4n) is 2.07. The normalized spacial score (nSPS) is 20.2. The van der Waals surface area contributed by atoms with Crippen LogP contribution in [0.4, 0.5) is 5.82 Å². The lowest BCUT2D eigenvalue weighted by molar-refractivity contribution is 0.181. The van der Waals surface area contributed by atoms with Gasteiger partial charge in [0.15, 0.2) is 0 Å². The first-order chi connectivity index (χ1) is 8.38. The largest absolute Gasteiger partial charge is 0.378 e. The predicted octanol–water partition coefficient (Wildman–Crippen LogP) is 1.03. The summed E-state index contributed by atoms with van der Waals surface area (Å²) in [5.41, 5.74) is 0.909. The van der Waals surface area contributed by atoms with Crippen molar-refractivity contribution < 1.29 is 4.74 Å². The van der Waals surface area contributed by atoms with Gasteiger partial charge in [-0.15, -0.1) is 0 Å². The van der Waals surface area contributed by atoms with Crippen LogP contribution in [0.2, 0.25) is 0 Å². The summed E-state index contributed by atoms with van der Waals surface area (Å²) in [6, 6.07) is 1.94. The van der Waals surface area contributed by atoms with Crippen LogP contribution in [0.5, 0.6) is 0 Å². The fraction of sp³-hybridized carbons (Fsp3) is 0.667. The molecule has 5 nitrogen and oxygen atoms in total. The first kappa shape index (κ1) is 12.3. The van der Waals surface area contributed by atoms with E-state index in [1.165, 1.54) is 12.8 Å². The number of anilines is 1. The highest BCUT2D eigenvalue weighted by Gasteiger charge is 2.12. The summed E-state index contributed by atoms with van der Waals surface area (Å²) in [5, 5.41) is 6.78. The van der Waals surface area contributed by atoms with Gasteiger partial charge in [-0.1, -0.05) is 0 Å². The Bertz CT molecular complexity index is 339. The molecule has 1 aliphatic rings. The van der Waals surface area contributed by atoms with Gasteiger partial charge in [-0.3, -0.25) is 0 Å². The van der Waals surface area contributed by atoms with Crippen LogP contribution in [0.3, 0.4) is 0 Å². The molecule has 0 aliphatic carbocycles.